The van der Waals surface area contributed by atoms with Gasteiger partial charge in [-0.25, -0.2) is 0 Å². The normalized spacial score (nSPS) is 23.7. The van der Waals surface area contributed by atoms with Crippen molar-refractivity contribution in [1.82, 2.24) is 25.6 Å². The minimum atomic E-state index is -1.03. The average Bonchev–Trinajstić information content (AvgIpc) is 3.41. The number of carbonyl (C=O) groups is 5. The van der Waals surface area contributed by atoms with E-state index in [-0.39, 0.29) is 29.9 Å². The highest BCUT2D eigenvalue weighted by Gasteiger charge is 2.41. The van der Waals surface area contributed by atoms with Crippen LogP contribution < -0.4 is 20.8 Å². The largest absolute Gasteiger partial charge is 0.417 e. The van der Waals surface area contributed by atoms with Gasteiger partial charge in [-0.15, -0.1) is 0 Å². The SMILES string of the molecule is CCC(=O)CCCCC[C@@H]1NC(=O)[C@H]2CCCCN2C(=O)C([C@@H](C)CC)NC(=O)[C@H](Cc2cc3ccccc3n2OC)NC1=O. The number of piperidine rings is 1. The number of nitrogens with one attached hydrogen (secondary N) is 3. The Hall–Kier alpha value is -3.89. The van der Waals surface area contributed by atoms with Crippen LogP contribution in [0, 0.1) is 5.92 Å². The first kappa shape index (κ1) is 34.0. The molecule has 5 atom stereocenters. The zero-order valence-corrected chi connectivity index (χ0v) is 27.1. The van der Waals surface area contributed by atoms with Crippen LogP contribution in [0.1, 0.15) is 90.7 Å². The molecule has 45 heavy (non-hydrogen) atoms. The number of unbranched alkanes of at least 4 members (excludes halogenated alkanes) is 2. The van der Waals surface area contributed by atoms with Crippen LogP contribution in [-0.4, -0.2) is 76.9 Å². The first-order chi connectivity index (χ1) is 21.7. The molecule has 1 aromatic carbocycles. The number of rotatable bonds is 12. The molecule has 11 heteroatoms. The third-order valence-electron chi connectivity index (χ3n) is 9.31. The van der Waals surface area contributed by atoms with Crippen LogP contribution in [0.4, 0.5) is 0 Å². The van der Waals surface area contributed by atoms with Gasteiger partial charge in [0.05, 0.1) is 11.2 Å². The number of hydrogen-bond donors (Lipinski definition) is 3. The fourth-order valence-corrected chi connectivity index (χ4v) is 6.38. The summed E-state index contributed by atoms with van der Waals surface area (Å²) in [5.74, 6) is -1.53. The van der Waals surface area contributed by atoms with Gasteiger partial charge in [0.1, 0.15) is 37.1 Å². The van der Waals surface area contributed by atoms with Gasteiger partial charge >= 0.3 is 0 Å². The first-order valence-electron chi connectivity index (χ1n) is 16.6. The molecule has 3 N–H and O–H groups in total. The second-order valence-electron chi connectivity index (χ2n) is 12.4. The lowest BCUT2D eigenvalue weighted by Crippen LogP contribution is -2.64. The topological polar surface area (TPSA) is 139 Å². The maximum absolute atomic E-state index is 14.0. The standard InChI is InChI=1S/C34H49N5O6/c1-5-22(3)30-34(44)38-19-13-12-18-29(38)33(43)35-26(16-9-7-8-15-25(40)6-2)31(41)36-27(32(42)37-30)21-24-20-23-14-10-11-17-28(23)39(24)45-4/h10-11,14,17,20,22,26-27,29-30H,5-9,12-13,15-16,18-19,21H2,1-4H3,(H,35,43)(H,36,41)(H,37,42)/t22-,26-,27-,29+,30?/m0/s1. The summed E-state index contributed by atoms with van der Waals surface area (Å²) in [6.45, 7) is 6.13. The van der Waals surface area contributed by atoms with Gasteiger partial charge in [-0.1, -0.05) is 58.2 Å². The van der Waals surface area contributed by atoms with E-state index in [0.29, 0.717) is 57.2 Å². The van der Waals surface area contributed by atoms with Crippen molar-refractivity contribution >= 4 is 40.3 Å². The Bertz CT molecular complexity index is 1370. The second-order valence-corrected chi connectivity index (χ2v) is 12.4. The summed E-state index contributed by atoms with van der Waals surface area (Å²) < 4.78 is 1.64. The van der Waals surface area contributed by atoms with E-state index in [2.05, 4.69) is 16.0 Å². The number of ketones is 1. The molecule has 0 spiro atoms. The Balaban J connectivity index is 1.66. The van der Waals surface area contributed by atoms with E-state index in [4.69, 9.17) is 4.84 Å². The molecule has 2 aliphatic heterocycles. The number of Topliss-reactive ketones (excluding diaryl/α,β-unsaturated/α-hetero) is 1. The molecule has 0 aliphatic carbocycles. The van der Waals surface area contributed by atoms with E-state index in [1.54, 1.807) is 16.7 Å². The molecule has 4 amide bonds. The summed E-state index contributed by atoms with van der Waals surface area (Å²) in [5, 5.41) is 9.76. The summed E-state index contributed by atoms with van der Waals surface area (Å²) in [7, 11) is 1.54. The number of para-hydroxylation sites is 1. The molecule has 2 fully saturated rings. The third-order valence-corrected chi connectivity index (χ3v) is 9.31. The van der Waals surface area contributed by atoms with Crippen LogP contribution in [0.15, 0.2) is 30.3 Å². The zero-order chi connectivity index (χ0) is 32.5. The van der Waals surface area contributed by atoms with Gasteiger partial charge in [-0.2, -0.15) is 4.73 Å². The Morgan fingerprint density at radius 3 is 2.42 bits per heavy atom. The van der Waals surface area contributed by atoms with Crippen LogP contribution in [0.3, 0.4) is 0 Å². The van der Waals surface area contributed by atoms with Crippen molar-refractivity contribution in [1.29, 1.82) is 0 Å². The molecule has 3 heterocycles. The lowest BCUT2D eigenvalue weighted by molar-refractivity contribution is -0.147. The highest BCUT2D eigenvalue weighted by Crippen LogP contribution is 2.23. The van der Waals surface area contributed by atoms with E-state index in [1.807, 2.05) is 51.1 Å². The van der Waals surface area contributed by atoms with Crippen LogP contribution in [0.25, 0.3) is 10.9 Å². The molecule has 0 saturated carbocycles. The van der Waals surface area contributed by atoms with E-state index in [0.717, 1.165) is 30.2 Å². The number of nitrogens with zero attached hydrogens (tertiary/aromatic N) is 2. The zero-order valence-electron chi connectivity index (χ0n) is 27.1. The maximum atomic E-state index is 14.0. The maximum Gasteiger partial charge on any atom is 0.246 e. The van der Waals surface area contributed by atoms with Crippen molar-refractivity contribution in [3.8, 4) is 0 Å². The summed E-state index contributed by atoms with van der Waals surface area (Å²) >= 11 is 0. The Morgan fingerprint density at radius 1 is 0.956 bits per heavy atom. The van der Waals surface area contributed by atoms with Crippen molar-refractivity contribution in [2.45, 2.75) is 116 Å². The smallest absolute Gasteiger partial charge is 0.246 e. The fourth-order valence-electron chi connectivity index (χ4n) is 6.38. The number of benzene rings is 1. The van der Waals surface area contributed by atoms with Crippen molar-refractivity contribution < 1.29 is 28.8 Å². The summed E-state index contributed by atoms with van der Waals surface area (Å²) in [6, 6.07) is 6.10. The van der Waals surface area contributed by atoms with E-state index in [9.17, 15) is 24.0 Å². The van der Waals surface area contributed by atoms with Gasteiger partial charge < -0.3 is 25.7 Å². The molecule has 2 saturated heterocycles. The quantitative estimate of drug-likeness (QED) is 0.311. The average molecular weight is 624 g/mol. The summed E-state index contributed by atoms with van der Waals surface area (Å²) in [6.07, 6.45) is 6.20. The van der Waals surface area contributed by atoms with Crippen molar-refractivity contribution in [3.05, 3.63) is 36.0 Å². The first-order valence-corrected chi connectivity index (χ1v) is 16.6. The van der Waals surface area contributed by atoms with Crippen molar-refractivity contribution in [2.75, 3.05) is 13.7 Å². The molecular formula is C34H49N5O6. The highest BCUT2D eigenvalue weighted by molar-refractivity contribution is 5.98. The summed E-state index contributed by atoms with van der Waals surface area (Å²) in [5.41, 5.74) is 1.50. The van der Waals surface area contributed by atoms with Gasteiger partial charge in [0, 0.05) is 31.2 Å². The van der Waals surface area contributed by atoms with Gasteiger partial charge in [0.25, 0.3) is 0 Å². The summed E-state index contributed by atoms with van der Waals surface area (Å²) in [4.78, 5) is 74.7. The molecule has 2 aromatic rings. The van der Waals surface area contributed by atoms with E-state index < -0.39 is 36.0 Å². The monoisotopic (exact) mass is 623 g/mol. The lowest BCUT2D eigenvalue weighted by atomic mass is 9.93. The fraction of sp³-hybridized carbons (Fsp3) is 0.618. The Labute approximate surface area is 265 Å². The van der Waals surface area contributed by atoms with E-state index >= 15 is 0 Å². The van der Waals surface area contributed by atoms with Gasteiger partial charge in [0.2, 0.25) is 23.6 Å². The molecule has 0 bridgehead atoms. The number of amides is 4. The molecule has 1 unspecified atom stereocenters. The van der Waals surface area contributed by atoms with Crippen LogP contribution >= 0.6 is 0 Å². The minimum absolute atomic E-state index is 0.105. The Kier molecular flexibility index (Phi) is 12.0. The van der Waals surface area contributed by atoms with Gasteiger partial charge in [-0.05, 0) is 50.2 Å². The molecule has 246 valence electrons. The van der Waals surface area contributed by atoms with Crippen LogP contribution in [0.5, 0.6) is 0 Å². The van der Waals surface area contributed by atoms with Crippen molar-refractivity contribution in [3.63, 3.8) is 0 Å². The molecule has 0 radical (unpaired) electrons. The van der Waals surface area contributed by atoms with Crippen LogP contribution in [-0.2, 0) is 30.4 Å². The third kappa shape index (κ3) is 8.23. The number of aromatic nitrogens is 1. The minimum Gasteiger partial charge on any atom is -0.417 e. The number of carbonyl (C=O) groups excluding carboxylic acids is 5. The second kappa shape index (κ2) is 15.9. The predicted octanol–water partition coefficient (Wildman–Crippen LogP) is 3.07. The van der Waals surface area contributed by atoms with Gasteiger partial charge in [0.15, 0.2) is 0 Å². The predicted molar refractivity (Wildman–Crippen MR) is 171 cm³/mol. The highest BCUT2D eigenvalue weighted by atomic mass is 16.6. The number of fused-ring (bicyclic) bond motifs is 2. The van der Waals surface area contributed by atoms with E-state index in [1.165, 1.54) is 0 Å². The lowest BCUT2D eigenvalue weighted by Gasteiger charge is -2.39. The molecule has 11 nitrogen and oxygen atoms in total. The molecule has 4 rings (SSSR count). The molecular weight excluding hydrogens is 574 g/mol. The van der Waals surface area contributed by atoms with Gasteiger partial charge in [-0.3, -0.25) is 24.0 Å². The van der Waals surface area contributed by atoms with Crippen LogP contribution in [0.2, 0.25) is 0 Å². The molecule has 2 aliphatic rings. The molecule has 1 aromatic heterocycles. The van der Waals surface area contributed by atoms with Crippen molar-refractivity contribution in [2.24, 2.45) is 5.92 Å². The Morgan fingerprint density at radius 2 is 1.69 bits per heavy atom. The number of hydrogen-bond acceptors (Lipinski definition) is 6.